The van der Waals surface area contributed by atoms with Crippen molar-refractivity contribution >= 4 is 40.3 Å². The molecule has 1 fully saturated rings. The number of ether oxygens (including phenoxy) is 1. The number of thioether (sulfide) groups is 1. The van der Waals surface area contributed by atoms with Gasteiger partial charge in [0.15, 0.2) is 5.17 Å². The average molecular weight is 546 g/mol. The Morgan fingerprint density at radius 1 is 1.03 bits per heavy atom. The maximum Gasteiger partial charge on any atom is 0.255 e. The van der Waals surface area contributed by atoms with Gasteiger partial charge < -0.3 is 24.8 Å². The third-order valence-electron chi connectivity index (χ3n) is 7.10. The Morgan fingerprint density at radius 2 is 1.74 bits per heavy atom. The Labute approximate surface area is 232 Å². The van der Waals surface area contributed by atoms with E-state index in [0.717, 1.165) is 16.4 Å². The Morgan fingerprint density at radius 3 is 2.44 bits per heavy atom. The summed E-state index contributed by atoms with van der Waals surface area (Å²) < 4.78 is 5.50. The van der Waals surface area contributed by atoms with Crippen LogP contribution in [0.3, 0.4) is 0 Å². The number of nitrogens with one attached hydrogen (secondary N) is 1. The zero-order chi connectivity index (χ0) is 27.5. The number of piperazine rings is 1. The molecule has 2 aromatic rings. The number of hydrogen-bond donors (Lipinski definition) is 1. The van der Waals surface area contributed by atoms with Crippen molar-refractivity contribution in [3.05, 3.63) is 82.5 Å². The van der Waals surface area contributed by atoms with Crippen molar-refractivity contribution in [2.24, 2.45) is 4.99 Å². The Balaban J connectivity index is 1.45. The maximum absolute atomic E-state index is 13.7. The van der Waals surface area contributed by atoms with Gasteiger partial charge in [0.05, 0.1) is 30.8 Å². The maximum atomic E-state index is 13.7. The summed E-state index contributed by atoms with van der Waals surface area (Å²) in [5.41, 5.74) is 3.45. The lowest BCUT2D eigenvalue weighted by Crippen LogP contribution is -2.50. The van der Waals surface area contributed by atoms with Crippen molar-refractivity contribution in [1.29, 1.82) is 0 Å². The number of fused-ring (bicyclic) bond motifs is 1. The summed E-state index contributed by atoms with van der Waals surface area (Å²) in [6.07, 6.45) is 0.166. The van der Waals surface area contributed by atoms with Crippen LogP contribution in [0, 0.1) is 0 Å². The van der Waals surface area contributed by atoms with E-state index in [1.54, 1.807) is 23.8 Å². The molecule has 202 valence electrons. The number of para-hydroxylation sites is 1. The van der Waals surface area contributed by atoms with Gasteiger partial charge >= 0.3 is 0 Å². The highest BCUT2D eigenvalue weighted by molar-refractivity contribution is 8.16. The highest BCUT2D eigenvalue weighted by Gasteiger charge is 2.41. The summed E-state index contributed by atoms with van der Waals surface area (Å²) >= 11 is 1.45. The molecular weight excluding hydrogens is 514 g/mol. The molecule has 1 atom stereocenters. The summed E-state index contributed by atoms with van der Waals surface area (Å²) in [6, 6.07) is 16.4. The van der Waals surface area contributed by atoms with Gasteiger partial charge in [-0.2, -0.15) is 0 Å². The van der Waals surface area contributed by atoms with E-state index in [-0.39, 0.29) is 24.1 Å². The monoisotopic (exact) mass is 545 g/mol. The van der Waals surface area contributed by atoms with Crippen molar-refractivity contribution in [1.82, 2.24) is 14.7 Å². The minimum absolute atomic E-state index is 0.0164. The molecule has 0 spiro atoms. The number of benzene rings is 2. The number of rotatable bonds is 6. The zero-order valence-electron chi connectivity index (χ0n) is 22.2. The molecule has 1 saturated heterocycles. The number of aliphatic imine (C=N–C) groups is 1. The van der Waals surface area contributed by atoms with E-state index in [9.17, 15) is 14.4 Å². The number of allylic oxidation sites excluding steroid dienone is 1. The molecule has 1 N–H and O–H groups in total. The molecular formula is C29H31N5O4S. The Kier molecular flexibility index (Phi) is 7.74. The van der Waals surface area contributed by atoms with Gasteiger partial charge in [-0.15, -0.1) is 0 Å². The van der Waals surface area contributed by atoms with Crippen LogP contribution >= 0.6 is 11.8 Å². The van der Waals surface area contributed by atoms with Crippen LogP contribution in [0.25, 0.3) is 0 Å². The number of carbonyl (C=O) groups excluding carboxylic acids is 3. The highest BCUT2D eigenvalue weighted by atomic mass is 32.2. The lowest BCUT2D eigenvalue weighted by molar-refractivity contribution is -0.138. The molecule has 9 nitrogen and oxygen atoms in total. The van der Waals surface area contributed by atoms with E-state index in [0.29, 0.717) is 48.9 Å². The van der Waals surface area contributed by atoms with Crippen LogP contribution in [0.5, 0.6) is 5.75 Å². The van der Waals surface area contributed by atoms with Crippen LogP contribution < -0.4 is 10.1 Å². The van der Waals surface area contributed by atoms with E-state index in [2.05, 4.69) is 5.32 Å². The van der Waals surface area contributed by atoms with Crippen molar-refractivity contribution in [3.8, 4) is 5.75 Å². The van der Waals surface area contributed by atoms with Crippen LogP contribution in [0.4, 0.5) is 5.69 Å². The number of carbonyl (C=O) groups is 3. The smallest absolute Gasteiger partial charge is 0.255 e. The fraction of sp³-hybridized carbons (Fsp3) is 0.310. The third-order valence-corrected chi connectivity index (χ3v) is 7.99. The van der Waals surface area contributed by atoms with Crippen molar-refractivity contribution < 1.29 is 19.1 Å². The van der Waals surface area contributed by atoms with Crippen LogP contribution in [-0.4, -0.2) is 70.9 Å². The summed E-state index contributed by atoms with van der Waals surface area (Å²) in [6.45, 7) is 5.46. The molecule has 3 amide bonds. The molecule has 0 radical (unpaired) electrons. The van der Waals surface area contributed by atoms with Gasteiger partial charge in [-0.3, -0.25) is 14.4 Å². The molecule has 0 bridgehead atoms. The average Bonchev–Trinajstić information content (AvgIpc) is 3.34. The van der Waals surface area contributed by atoms with Gasteiger partial charge in [-0.1, -0.05) is 42.1 Å². The predicted molar refractivity (Wildman–Crippen MR) is 152 cm³/mol. The number of amidine groups is 1. The summed E-state index contributed by atoms with van der Waals surface area (Å²) in [5.74, 6) is 0.430. The van der Waals surface area contributed by atoms with Crippen LogP contribution in [0.1, 0.15) is 31.9 Å². The summed E-state index contributed by atoms with van der Waals surface area (Å²) in [4.78, 5) is 49.1. The lowest BCUT2D eigenvalue weighted by atomic mass is 9.93. The molecule has 0 saturated carbocycles. The predicted octanol–water partition coefficient (Wildman–Crippen LogP) is 3.99. The minimum Gasteiger partial charge on any atom is -0.497 e. The lowest BCUT2D eigenvalue weighted by Gasteiger charge is -2.38. The fourth-order valence-electron chi connectivity index (χ4n) is 5.04. The standard InChI is InChI=1S/C29H31N5O4S/c1-19-26(28(37)31-22-9-5-4-6-10-22)27(21-8-7-11-24(16-21)38-3)34-23(18-39-29(34)30-19)17-25(36)33-14-12-32(13-15-33)20(2)35/h4-11,16,18,27H,12-15,17H2,1-3H3,(H,31,37)/t27-/m0/s1. The van der Waals surface area contributed by atoms with E-state index in [1.807, 2.05) is 71.8 Å². The third kappa shape index (κ3) is 5.56. The second kappa shape index (κ2) is 11.4. The second-order valence-corrected chi connectivity index (χ2v) is 10.4. The Hall–Kier alpha value is -4.05. The number of nitrogens with zero attached hydrogens (tertiary/aromatic N) is 4. The minimum atomic E-state index is -0.500. The van der Waals surface area contributed by atoms with E-state index >= 15 is 0 Å². The van der Waals surface area contributed by atoms with Crippen molar-refractivity contribution in [2.45, 2.75) is 26.3 Å². The molecule has 0 aromatic heterocycles. The SMILES string of the molecule is COc1cccc([C@H]2C(C(=O)Nc3ccccc3)=C(C)N=C3SC=C(CC(=O)N4CCN(C(C)=O)CC4)N32)c1. The van der Waals surface area contributed by atoms with Gasteiger partial charge in [-0.25, -0.2) is 4.99 Å². The number of hydrogen-bond acceptors (Lipinski definition) is 7. The zero-order valence-corrected chi connectivity index (χ0v) is 23.0. The van der Waals surface area contributed by atoms with Gasteiger partial charge in [0.25, 0.3) is 5.91 Å². The summed E-state index contributed by atoms with van der Waals surface area (Å²) in [5, 5.41) is 5.68. The molecule has 0 aliphatic carbocycles. The van der Waals surface area contributed by atoms with Gasteiger partial charge in [-0.05, 0) is 42.2 Å². The molecule has 3 heterocycles. The normalized spacial score (nSPS) is 18.8. The first-order chi connectivity index (χ1) is 18.9. The molecule has 3 aliphatic rings. The Bertz CT molecular complexity index is 1380. The molecule has 3 aliphatic heterocycles. The molecule has 10 heteroatoms. The number of amides is 3. The van der Waals surface area contributed by atoms with Crippen LogP contribution in [0.2, 0.25) is 0 Å². The number of anilines is 1. The van der Waals surface area contributed by atoms with Crippen molar-refractivity contribution in [2.75, 3.05) is 38.6 Å². The van der Waals surface area contributed by atoms with E-state index < -0.39 is 6.04 Å². The first-order valence-corrected chi connectivity index (χ1v) is 13.7. The van der Waals surface area contributed by atoms with Crippen molar-refractivity contribution in [3.63, 3.8) is 0 Å². The topological polar surface area (TPSA) is 94.5 Å². The summed E-state index contributed by atoms with van der Waals surface area (Å²) in [7, 11) is 1.61. The van der Waals surface area contributed by atoms with Gasteiger partial charge in [0, 0.05) is 44.5 Å². The quantitative estimate of drug-likeness (QED) is 0.590. The van der Waals surface area contributed by atoms with Crippen LogP contribution in [-0.2, 0) is 14.4 Å². The molecule has 2 aromatic carbocycles. The van der Waals surface area contributed by atoms with E-state index in [4.69, 9.17) is 9.73 Å². The first-order valence-electron chi connectivity index (χ1n) is 12.8. The molecule has 5 rings (SSSR count). The molecule has 0 unspecified atom stereocenters. The van der Waals surface area contributed by atoms with Gasteiger partial charge in [0.2, 0.25) is 11.8 Å². The van der Waals surface area contributed by atoms with Gasteiger partial charge in [0.1, 0.15) is 5.75 Å². The van der Waals surface area contributed by atoms with E-state index in [1.165, 1.54) is 11.8 Å². The largest absolute Gasteiger partial charge is 0.497 e. The number of methoxy groups -OCH3 is 1. The highest BCUT2D eigenvalue weighted by Crippen LogP contribution is 2.45. The van der Waals surface area contributed by atoms with Crippen LogP contribution in [0.15, 0.2) is 82.0 Å². The first kappa shape index (κ1) is 26.6. The molecule has 39 heavy (non-hydrogen) atoms. The fourth-order valence-corrected chi connectivity index (χ4v) is 6.01. The second-order valence-electron chi connectivity index (χ2n) is 9.55.